The van der Waals surface area contributed by atoms with Crippen LogP contribution in [0.25, 0.3) is 0 Å². The quantitative estimate of drug-likeness (QED) is 0.419. The molecule has 0 unspecified atom stereocenters. The molecule has 0 radical (unpaired) electrons. The predicted molar refractivity (Wildman–Crippen MR) is 93.6 cm³/mol. The van der Waals surface area contributed by atoms with E-state index in [1.165, 1.54) is 5.56 Å². The van der Waals surface area contributed by atoms with Crippen molar-refractivity contribution in [3.8, 4) is 17.2 Å². The number of nitrogens with zero attached hydrogens (tertiary/aromatic N) is 1. The Bertz CT molecular complexity index is 818. The molecule has 0 bridgehead atoms. The SMILES string of the molecule is CCCc1ccc(C#Cc2cc(F)c(SC#N)c(F)c2)c(CC)c1. The van der Waals surface area contributed by atoms with Gasteiger partial charge in [0.1, 0.15) is 17.0 Å². The van der Waals surface area contributed by atoms with E-state index in [4.69, 9.17) is 5.26 Å². The largest absolute Gasteiger partial charge is 0.206 e. The van der Waals surface area contributed by atoms with Crippen LogP contribution in [0, 0.1) is 34.1 Å². The van der Waals surface area contributed by atoms with E-state index in [0.29, 0.717) is 11.8 Å². The average Bonchev–Trinajstić information content (AvgIpc) is 2.57. The summed E-state index contributed by atoms with van der Waals surface area (Å²) in [4.78, 5) is -0.291. The maximum Gasteiger partial charge on any atom is 0.142 e. The molecular formula is C20H17F2NS. The number of hydrogen-bond acceptors (Lipinski definition) is 2. The molecule has 0 aliphatic heterocycles. The van der Waals surface area contributed by atoms with Gasteiger partial charge in [-0.3, -0.25) is 0 Å². The van der Waals surface area contributed by atoms with Gasteiger partial charge < -0.3 is 0 Å². The number of thiocyanates is 1. The Morgan fingerprint density at radius 1 is 1.04 bits per heavy atom. The van der Waals surface area contributed by atoms with E-state index in [-0.39, 0.29) is 10.5 Å². The molecule has 2 aromatic carbocycles. The lowest BCUT2D eigenvalue weighted by Crippen LogP contribution is -1.92. The van der Waals surface area contributed by atoms with Crippen molar-refractivity contribution in [3.05, 3.63) is 64.2 Å². The predicted octanol–water partition coefficient (Wildman–Crippen LogP) is 5.45. The molecule has 0 aliphatic rings. The van der Waals surface area contributed by atoms with E-state index in [9.17, 15) is 8.78 Å². The summed E-state index contributed by atoms with van der Waals surface area (Å²) in [6.07, 6.45) is 2.96. The van der Waals surface area contributed by atoms with Crippen LogP contribution in [0.2, 0.25) is 0 Å². The Hall–Kier alpha value is -2.30. The highest BCUT2D eigenvalue weighted by atomic mass is 32.2. The van der Waals surface area contributed by atoms with Gasteiger partial charge in [0.2, 0.25) is 0 Å². The molecule has 0 N–H and O–H groups in total. The summed E-state index contributed by atoms with van der Waals surface area (Å²) in [6.45, 7) is 4.19. The zero-order valence-corrected chi connectivity index (χ0v) is 14.4. The first kappa shape index (κ1) is 18.0. The molecule has 0 saturated carbocycles. The summed E-state index contributed by atoms with van der Waals surface area (Å²) in [5, 5.41) is 10.2. The highest BCUT2D eigenvalue weighted by molar-refractivity contribution is 8.03. The van der Waals surface area contributed by atoms with E-state index < -0.39 is 11.6 Å². The molecule has 2 rings (SSSR count). The number of nitriles is 1. The molecule has 0 aliphatic carbocycles. The Morgan fingerprint density at radius 3 is 2.33 bits per heavy atom. The Morgan fingerprint density at radius 2 is 1.75 bits per heavy atom. The number of halogens is 2. The standard InChI is InChI=1S/C20H17F2NS/c1-3-5-14-6-8-17(16(4-2)10-14)9-7-15-11-18(21)20(24-13-23)19(22)12-15/h6,8,10-12H,3-5H2,1-2H3. The first-order chi connectivity index (χ1) is 11.6. The van der Waals surface area contributed by atoms with E-state index in [0.717, 1.165) is 42.5 Å². The van der Waals surface area contributed by atoms with Crippen LogP contribution in [-0.2, 0) is 12.8 Å². The lowest BCUT2D eigenvalue weighted by molar-refractivity contribution is 0.540. The zero-order chi connectivity index (χ0) is 17.5. The Kier molecular flexibility index (Phi) is 6.41. The maximum atomic E-state index is 13.8. The molecule has 0 atom stereocenters. The van der Waals surface area contributed by atoms with Crippen LogP contribution in [0.5, 0.6) is 0 Å². The molecule has 2 aromatic rings. The Labute approximate surface area is 145 Å². The van der Waals surface area contributed by atoms with Crippen molar-refractivity contribution in [2.24, 2.45) is 0 Å². The van der Waals surface area contributed by atoms with E-state index >= 15 is 0 Å². The van der Waals surface area contributed by atoms with E-state index in [1.807, 2.05) is 12.1 Å². The van der Waals surface area contributed by atoms with Crippen molar-refractivity contribution in [2.45, 2.75) is 38.0 Å². The third-order valence-corrected chi connectivity index (χ3v) is 4.26. The lowest BCUT2D eigenvalue weighted by atomic mass is 9.99. The summed E-state index contributed by atoms with van der Waals surface area (Å²) in [5.41, 5.74) is 3.53. The van der Waals surface area contributed by atoms with Crippen LogP contribution in [-0.4, -0.2) is 0 Å². The summed E-state index contributed by atoms with van der Waals surface area (Å²) < 4.78 is 27.7. The number of benzene rings is 2. The van der Waals surface area contributed by atoms with Gasteiger partial charge in [0.25, 0.3) is 0 Å². The zero-order valence-electron chi connectivity index (χ0n) is 13.6. The van der Waals surface area contributed by atoms with E-state index in [2.05, 4.69) is 31.8 Å². The van der Waals surface area contributed by atoms with Crippen molar-refractivity contribution in [3.63, 3.8) is 0 Å². The minimum Gasteiger partial charge on any atom is -0.206 e. The van der Waals surface area contributed by atoms with Crippen LogP contribution >= 0.6 is 11.8 Å². The summed E-state index contributed by atoms with van der Waals surface area (Å²) in [5.74, 6) is 4.29. The van der Waals surface area contributed by atoms with Crippen molar-refractivity contribution in [1.82, 2.24) is 0 Å². The van der Waals surface area contributed by atoms with Crippen molar-refractivity contribution < 1.29 is 8.78 Å². The highest BCUT2D eigenvalue weighted by Crippen LogP contribution is 2.25. The van der Waals surface area contributed by atoms with Gasteiger partial charge in [-0.2, -0.15) is 5.26 Å². The van der Waals surface area contributed by atoms with Crippen molar-refractivity contribution >= 4 is 11.8 Å². The second kappa shape index (κ2) is 8.52. The highest BCUT2D eigenvalue weighted by Gasteiger charge is 2.11. The molecule has 0 spiro atoms. The van der Waals surface area contributed by atoms with Crippen molar-refractivity contribution in [1.29, 1.82) is 5.26 Å². The molecular weight excluding hydrogens is 324 g/mol. The van der Waals surface area contributed by atoms with Gasteiger partial charge in [0, 0.05) is 11.1 Å². The second-order valence-corrected chi connectivity index (χ2v) is 6.10. The van der Waals surface area contributed by atoms with Gasteiger partial charge in [-0.1, -0.05) is 44.2 Å². The number of hydrogen-bond donors (Lipinski definition) is 0. The van der Waals surface area contributed by atoms with Crippen LogP contribution in [0.4, 0.5) is 8.78 Å². The maximum absolute atomic E-state index is 13.8. The van der Waals surface area contributed by atoms with Gasteiger partial charge in [-0.05, 0) is 53.9 Å². The lowest BCUT2D eigenvalue weighted by Gasteiger charge is -2.05. The molecule has 0 heterocycles. The Balaban J connectivity index is 2.35. The third kappa shape index (κ3) is 4.37. The third-order valence-electron chi connectivity index (χ3n) is 3.58. The molecule has 24 heavy (non-hydrogen) atoms. The van der Waals surface area contributed by atoms with Crippen molar-refractivity contribution in [2.75, 3.05) is 0 Å². The number of thioether (sulfide) groups is 1. The minimum atomic E-state index is -0.764. The second-order valence-electron chi connectivity index (χ2n) is 5.31. The summed E-state index contributed by atoms with van der Waals surface area (Å²) in [6, 6.07) is 8.46. The van der Waals surface area contributed by atoms with Gasteiger partial charge in [-0.15, -0.1) is 0 Å². The van der Waals surface area contributed by atoms with Crippen LogP contribution in [0.15, 0.2) is 35.2 Å². The molecule has 4 heteroatoms. The number of rotatable bonds is 4. The van der Waals surface area contributed by atoms with Crippen LogP contribution < -0.4 is 0 Å². The molecule has 0 amide bonds. The molecule has 0 aromatic heterocycles. The topological polar surface area (TPSA) is 23.8 Å². The van der Waals surface area contributed by atoms with Crippen LogP contribution in [0.1, 0.15) is 42.5 Å². The molecule has 1 nitrogen and oxygen atoms in total. The smallest absolute Gasteiger partial charge is 0.142 e. The fourth-order valence-electron chi connectivity index (χ4n) is 2.42. The minimum absolute atomic E-state index is 0.256. The fraction of sp³-hybridized carbons (Fsp3) is 0.250. The van der Waals surface area contributed by atoms with Gasteiger partial charge in [0.15, 0.2) is 0 Å². The first-order valence-electron chi connectivity index (χ1n) is 7.77. The van der Waals surface area contributed by atoms with E-state index in [1.54, 1.807) is 5.40 Å². The first-order valence-corrected chi connectivity index (χ1v) is 8.59. The average molecular weight is 341 g/mol. The van der Waals surface area contributed by atoms with Gasteiger partial charge >= 0.3 is 0 Å². The molecule has 122 valence electrons. The molecule has 0 fully saturated rings. The number of aryl methyl sites for hydroxylation is 2. The monoisotopic (exact) mass is 341 g/mol. The summed E-state index contributed by atoms with van der Waals surface area (Å²) >= 11 is 0.471. The molecule has 0 saturated heterocycles. The van der Waals surface area contributed by atoms with Gasteiger partial charge in [0.05, 0.1) is 4.90 Å². The summed E-state index contributed by atoms with van der Waals surface area (Å²) in [7, 11) is 0. The normalized spacial score (nSPS) is 9.96. The van der Waals surface area contributed by atoms with Gasteiger partial charge in [-0.25, -0.2) is 8.78 Å². The van der Waals surface area contributed by atoms with Crippen LogP contribution in [0.3, 0.4) is 0 Å². The fourth-order valence-corrected chi connectivity index (χ4v) is 2.82.